The quantitative estimate of drug-likeness (QED) is 0.798. The van der Waals surface area contributed by atoms with E-state index in [0.29, 0.717) is 18.7 Å². The van der Waals surface area contributed by atoms with E-state index in [1.54, 1.807) is 4.90 Å². The van der Waals surface area contributed by atoms with Crippen molar-refractivity contribution >= 4 is 29.1 Å². The van der Waals surface area contributed by atoms with Crippen LogP contribution in [0.15, 0.2) is 35.4 Å². The number of hydrogen-bond donors (Lipinski definition) is 2. The second-order valence-corrected chi connectivity index (χ2v) is 5.58. The summed E-state index contributed by atoms with van der Waals surface area (Å²) in [6, 6.07) is 9.33. The summed E-state index contributed by atoms with van der Waals surface area (Å²) in [5.74, 6) is -0.635. The van der Waals surface area contributed by atoms with Crippen LogP contribution in [0.25, 0.3) is 0 Å². The number of carbonyl (C=O) groups excluding carboxylic acids is 3. The Morgan fingerprint density at radius 1 is 1.29 bits per heavy atom. The topological polar surface area (TPSA) is 100 Å². The lowest BCUT2D eigenvalue weighted by Gasteiger charge is -2.32. The second-order valence-electron chi connectivity index (χ2n) is 5.58. The minimum atomic E-state index is -0.332. The van der Waals surface area contributed by atoms with Crippen LogP contribution < -0.4 is 15.6 Å². The van der Waals surface area contributed by atoms with E-state index >= 15 is 0 Å². The molecule has 3 amide bonds. The molecule has 1 aromatic carbocycles. The van der Waals surface area contributed by atoms with Gasteiger partial charge in [-0.05, 0) is 12.1 Å². The van der Waals surface area contributed by atoms with Crippen LogP contribution in [0, 0.1) is 0 Å². The monoisotopic (exact) mass is 330 g/mol. The summed E-state index contributed by atoms with van der Waals surface area (Å²) in [5.41, 5.74) is 3.39. The van der Waals surface area contributed by atoms with Crippen LogP contribution in [0.2, 0.25) is 0 Å². The lowest BCUT2D eigenvalue weighted by molar-refractivity contribution is -0.129. The minimum absolute atomic E-state index is 0.0214. The van der Waals surface area contributed by atoms with Crippen LogP contribution in [-0.2, 0) is 19.1 Å². The maximum atomic E-state index is 12.0. The molecule has 0 saturated carbocycles. The van der Waals surface area contributed by atoms with Gasteiger partial charge in [0.2, 0.25) is 5.91 Å². The zero-order valence-corrected chi connectivity index (χ0v) is 13.0. The SMILES string of the molecule is O=C1CCC(C(=O)NCC2CN(c3ccccc3)C(=O)CO2)=NN1. The van der Waals surface area contributed by atoms with Crippen molar-refractivity contribution in [2.75, 3.05) is 24.6 Å². The molecule has 1 aromatic rings. The number of ether oxygens (including phenoxy) is 1. The third-order valence-electron chi connectivity index (χ3n) is 3.85. The molecule has 2 heterocycles. The van der Waals surface area contributed by atoms with E-state index in [9.17, 15) is 14.4 Å². The number of amides is 3. The average Bonchev–Trinajstić information content (AvgIpc) is 2.62. The molecule has 8 heteroatoms. The second kappa shape index (κ2) is 7.22. The van der Waals surface area contributed by atoms with E-state index in [0.717, 1.165) is 5.69 Å². The number of nitrogens with zero attached hydrogens (tertiary/aromatic N) is 2. The summed E-state index contributed by atoms with van der Waals surface area (Å²) >= 11 is 0. The summed E-state index contributed by atoms with van der Waals surface area (Å²) in [5, 5.41) is 6.49. The summed E-state index contributed by atoms with van der Waals surface area (Å²) in [7, 11) is 0. The van der Waals surface area contributed by atoms with Gasteiger partial charge >= 0.3 is 0 Å². The molecule has 24 heavy (non-hydrogen) atoms. The molecule has 8 nitrogen and oxygen atoms in total. The lowest BCUT2D eigenvalue weighted by Crippen LogP contribution is -2.51. The molecule has 0 spiro atoms. The Kier molecular flexibility index (Phi) is 4.85. The maximum Gasteiger partial charge on any atom is 0.267 e. The summed E-state index contributed by atoms with van der Waals surface area (Å²) in [6.07, 6.45) is 0.269. The van der Waals surface area contributed by atoms with Gasteiger partial charge in [-0.2, -0.15) is 5.10 Å². The zero-order chi connectivity index (χ0) is 16.9. The summed E-state index contributed by atoms with van der Waals surface area (Å²) in [6.45, 7) is 0.612. The van der Waals surface area contributed by atoms with Crippen molar-refractivity contribution in [1.82, 2.24) is 10.7 Å². The molecule has 2 aliphatic heterocycles. The average molecular weight is 330 g/mol. The van der Waals surface area contributed by atoms with Crippen molar-refractivity contribution in [1.29, 1.82) is 0 Å². The normalized spacial score (nSPS) is 21.1. The first kappa shape index (κ1) is 16.1. The minimum Gasteiger partial charge on any atom is -0.365 e. The first-order valence-electron chi connectivity index (χ1n) is 7.74. The fourth-order valence-corrected chi connectivity index (χ4v) is 2.55. The van der Waals surface area contributed by atoms with E-state index in [2.05, 4.69) is 15.8 Å². The molecular formula is C16H18N4O4. The highest BCUT2D eigenvalue weighted by Gasteiger charge is 2.28. The predicted molar refractivity (Wildman–Crippen MR) is 86.4 cm³/mol. The maximum absolute atomic E-state index is 12.0. The van der Waals surface area contributed by atoms with Gasteiger partial charge in [-0.25, -0.2) is 5.43 Å². The van der Waals surface area contributed by atoms with Gasteiger partial charge in [0, 0.05) is 25.1 Å². The molecule has 0 radical (unpaired) electrons. The third-order valence-corrected chi connectivity index (χ3v) is 3.85. The Hall–Kier alpha value is -2.74. The number of nitrogens with one attached hydrogen (secondary N) is 2. The number of hydrogen-bond acceptors (Lipinski definition) is 5. The summed E-state index contributed by atoms with van der Waals surface area (Å²) < 4.78 is 5.48. The predicted octanol–water partition coefficient (Wildman–Crippen LogP) is -0.199. The Morgan fingerprint density at radius 3 is 2.79 bits per heavy atom. The van der Waals surface area contributed by atoms with Crippen LogP contribution in [-0.4, -0.2) is 49.2 Å². The zero-order valence-electron chi connectivity index (χ0n) is 13.0. The van der Waals surface area contributed by atoms with E-state index in [1.807, 2.05) is 30.3 Å². The molecule has 2 aliphatic rings. The van der Waals surface area contributed by atoms with Crippen LogP contribution >= 0.6 is 0 Å². The number of para-hydroxylation sites is 1. The van der Waals surface area contributed by atoms with Crippen molar-refractivity contribution in [2.24, 2.45) is 5.10 Å². The van der Waals surface area contributed by atoms with Crippen LogP contribution in [0.3, 0.4) is 0 Å². The Bertz CT molecular complexity index is 674. The summed E-state index contributed by atoms with van der Waals surface area (Å²) in [4.78, 5) is 36.7. The first-order valence-corrected chi connectivity index (χ1v) is 7.74. The molecule has 0 aliphatic carbocycles. The van der Waals surface area contributed by atoms with Crippen molar-refractivity contribution in [3.8, 4) is 0 Å². The molecule has 2 N–H and O–H groups in total. The number of carbonyl (C=O) groups is 3. The fraction of sp³-hybridized carbons (Fsp3) is 0.375. The van der Waals surface area contributed by atoms with Crippen LogP contribution in [0.1, 0.15) is 12.8 Å². The van der Waals surface area contributed by atoms with Gasteiger partial charge in [0.15, 0.2) is 0 Å². The molecular weight excluding hydrogens is 312 g/mol. The Balaban J connectivity index is 1.55. The van der Waals surface area contributed by atoms with Gasteiger partial charge in [-0.1, -0.05) is 18.2 Å². The highest BCUT2D eigenvalue weighted by molar-refractivity contribution is 6.39. The van der Waals surface area contributed by atoms with Crippen molar-refractivity contribution in [3.05, 3.63) is 30.3 Å². The van der Waals surface area contributed by atoms with Gasteiger partial charge in [-0.15, -0.1) is 0 Å². The highest BCUT2D eigenvalue weighted by Crippen LogP contribution is 2.17. The highest BCUT2D eigenvalue weighted by atomic mass is 16.5. The number of hydrazone groups is 1. The van der Waals surface area contributed by atoms with Crippen LogP contribution in [0.5, 0.6) is 0 Å². The molecule has 1 atom stereocenters. The smallest absolute Gasteiger partial charge is 0.267 e. The molecule has 0 aromatic heterocycles. The van der Waals surface area contributed by atoms with Gasteiger partial charge in [0.05, 0.1) is 12.6 Å². The number of anilines is 1. The van der Waals surface area contributed by atoms with Crippen LogP contribution in [0.4, 0.5) is 5.69 Å². The number of rotatable bonds is 4. The van der Waals surface area contributed by atoms with E-state index in [4.69, 9.17) is 4.74 Å². The van der Waals surface area contributed by atoms with Crippen molar-refractivity contribution < 1.29 is 19.1 Å². The Labute approximate surface area is 138 Å². The molecule has 3 rings (SSSR count). The van der Waals surface area contributed by atoms with Gasteiger partial charge < -0.3 is 15.0 Å². The first-order chi connectivity index (χ1) is 11.6. The van der Waals surface area contributed by atoms with Crippen molar-refractivity contribution in [3.63, 3.8) is 0 Å². The van der Waals surface area contributed by atoms with E-state index < -0.39 is 0 Å². The standard InChI is InChI=1S/C16H18N4O4/c21-14-7-6-13(18-19-14)16(23)17-8-12-9-20(15(22)10-24-12)11-4-2-1-3-5-11/h1-5,12H,6-10H2,(H,17,23)(H,19,21). The Morgan fingerprint density at radius 2 is 2.08 bits per heavy atom. The van der Waals surface area contributed by atoms with Gasteiger partial charge in [0.1, 0.15) is 12.3 Å². The third kappa shape index (κ3) is 3.77. The van der Waals surface area contributed by atoms with Gasteiger partial charge in [-0.3, -0.25) is 14.4 Å². The van der Waals surface area contributed by atoms with E-state index in [-0.39, 0.29) is 43.4 Å². The van der Waals surface area contributed by atoms with E-state index in [1.165, 1.54) is 0 Å². The largest absolute Gasteiger partial charge is 0.365 e. The number of benzene rings is 1. The number of morpholine rings is 1. The molecule has 1 unspecified atom stereocenters. The molecule has 1 saturated heterocycles. The lowest BCUT2D eigenvalue weighted by atomic mass is 10.1. The van der Waals surface area contributed by atoms with Crippen molar-refractivity contribution in [2.45, 2.75) is 18.9 Å². The molecule has 126 valence electrons. The molecule has 1 fully saturated rings. The van der Waals surface area contributed by atoms with Gasteiger partial charge in [0.25, 0.3) is 11.8 Å². The molecule has 0 bridgehead atoms. The fourth-order valence-electron chi connectivity index (χ4n) is 2.55.